The maximum atomic E-state index is 10.6. The molecule has 0 saturated heterocycles. The van der Waals surface area contributed by atoms with Crippen LogP contribution in [0.25, 0.3) is 0 Å². The lowest BCUT2D eigenvalue weighted by Crippen LogP contribution is -2.30. The van der Waals surface area contributed by atoms with Gasteiger partial charge in [0, 0.05) is 26.8 Å². The largest absolute Gasteiger partial charge is 0.389 e. The molecule has 2 aromatic rings. The van der Waals surface area contributed by atoms with Crippen LogP contribution in [-0.4, -0.2) is 10.7 Å². The maximum Gasteiger partial charge on any atom is 0.0700 e. The van der Waals surface area contributed by atoms with E-state index in [1.54, 1.807) is 0 Å². The van der Waals surface area contributed by atoms with Crippen molar-refractivity contribution >= 4 is 43.5 Å². The van der Waals surface area contributed by atoms with Crippen LogP contribution < -0.4 is 0 Å². The standard InChI is InChI=1S/C16H15Br2ClO/c1-16(20,9-11-2-5-13(17)6-3-11)10-12-4-7-14(18)8-15(12)19/h2-8,20H,9-10H2,1H3. The van der Waals surface area contributed by atoms with Gasteiger partial charge in [-0.1, -0.05) is 61.7 Å². The number of halogens is 3. The van der Waals surface area contributed by atoms with Gasteiger partial charge in [-0.15, -0.1) is 0 Å². The van der Waals surface area contributed by atoms with E-state index in [4.69, 9.17) is 11.6 Å². The Balaban J connectivity index is 2.12. The second-order valence-corrected chi connectivity index (χ2v) is 7.45. The second-order valence-electron chi connectivity index (χ2n) is 5.21. The van der Waals surface area contributed by atoms with Crippen molar-refractivity contribution in [3.8, 4) is 0 Å². The molecule has 20 heavy (non-hydrogen) atoms. The van der Waals surface area contributed by atoms with Gasteiger partial charge in [-0.05, 0) is 42.3 Å². The first-order valence-electron chi connectivity index (χ1n) is 6.26. The normalized spacial score (nSPS) is 14.1. The fourth-order valence-electron chi connectivity index (χ4n) is 2.18. The smallest absolute Gasteiger partial charge is 0.0700 e. The van der Waals surface area contributed by atoms with E-state index in [-0.39, 0.29) is 0 Å². The van der Waals surface area contributed by atoms with Crippen molar-refractivity contribution in [3.05, 3.63) is 67.6 Å². The Morgan fingerprint density at radius 1 is 1.00 bits per heavy atom. The molecule has 4 heteroatoms. The predicted octanol–water partition coefficient (Wildman–Crippen LogP) is 5.40. The van der Waals surface area contributed by atoms with Crippen molar-refractivity contribution in [1.29, 1.82) is 0 Å². The molecule has 0 aliphatic carbocycles. The molecule has 1 nitrogen and oxygen atoms in total. The first kappa shape index (κ1) is 16.0. The van der Waals surface area contributed by atoms with Gasteiger partial charge in [0.05, 0.1) is 5.60 Å². The number of benzene rings is 2. The Morgan fingerprint density at radius 3 is 2.20 bits per heavy atom. The summed E-state index contributed by atoms with van der Waals surface area (Å²) in [4.78, 5) is 0. The van der Waals surface area contributed by atoms with Gasteiger partial charge in [0.2, 0.25) is 0 Å². The van der Waals surface area contributed by atoms with E-state index >= 15 is 0 Å². The second kappa shape index (κ2) is 6.61. The molecule has 0 radical (unpaired) electrons. The summed E-state index contributed by atoms with van der Waals surface area (Å²) >= 11 is 13.0. The van der Waals surface area contributed by atoms with Crippen LogP contribution in [0.4, 0.5) is 0 Å². The Labute approximate surface area is 141 Å². The molecule has 0 aliphatic heterocycles. The lowest BCUT2D eigenvalue weighted by molar-refractivity contribution is 0.0608. The topological polar surface area (TPSA) is 20.2 Å². The molecule has 0 aromatic heterocycles. The number of aliphatic hydroxyl groups is 1. The molecule has 1 N–H and O–H groups in total. The van der Waals surface area contributed by atoms with Crippen LogP contribution in [0.2, 0.25) is 5.02 Å². The summed E-state index contributed by atoms with van der Waals surface area (Å²) in [6.07, 6.45) is 1.11. The van der Waals surface area contributed by atoms with E-state index in [0.29, 0.717) is 17.9 Å². The highest BCUT2D eigenvalue weighted by molar-refractivity contribution is 9.10. The van der Waals surface area contributed by atoms with Gasteiger partial charge in [0.15, 0.2) is 0 Å². The van der Waals surface area contributed by atoms with Gasteiger partial charge >= 0.3 is 0 Å². The summed E-state index contributed by atoms with van der Waals surface area (Å²) < 4.78 is 1.98. The molecule has 0 aliphatic rings. The first-order valence-corrected chi connectivity index (χ1v) is 8.23. The number of rotatable bonds is 4. The predicted molar refractivity (Wildman–Crippen MR) is 91.3 cm³/mol. The van der Waals surface area contributed by atoms with Crippen LogP contribution in [0.5, 0.6) is 0 Å². The summed E-state index contributed by atoms with van der Waals surface area (Å²) in [6.45, 7) is 1.84. The molecule has 1 atom stereocenters. The minimum absolute atomic E-state index is 0.523. The number of hydrogen-bond donors (Lipinski definition) is 1. The average Bonchev–Trinajstić information content (AvgIpc) is 2.35. The van der Waals surface area contributed by atoms with Crippen molar-refractivity contribution in [1.82, 2.24) is 0 Å². The van der Waals surface area contributed by atoms with E-state index in [9.17, 15) is 5.11 Å². The first-order chi connectivity index (χ1) is 9.35. The van der Waals surface area contributed by atoms with Crippen LogP contribution in [-0.2, 0) is 12.8 Å². The van der Waals surface area contributed by atoms with Crippen LogP contribution in [0.3, 0.4) is 0 Å². The summed E-state index contributed by atoms with van der Waals surface area (Å²) in [5.74, 6) is 0. The molecular weight excluding hydrogens is 403 g/mol. The molecule has 0 spiro atoms. The fraction of sp³-hybridized carbons (Fsp3) is 0.250. The van der Waals surface area contributed by atoms with Crippen LogP contribution >= 0.6 is 43.5 Å². The molecule has 0 fully saturated rings. The lowest BCUT2D eigenvalue weighted by atomic mass is 9.90. The van der Waals surface area contributed by atoms with Gasteiger partial charge in [-0.25, -0.2) is 0 Å². The van der Waals surface area contributed by atoms with Gasteiger partial charge in [-0.3, -0.25) is 0 Å². The van der Waals surface area contributed by atoms with Gasteiger partial charge < -0.3 is 5.11 Å². The van der Waals surface area contributed by atoms with Crippen LogP contribution in [0.1, 0.15) is 18.1 Å². The molecule has 0 heterocycles. The molecule has 106 valence electrons. The Kier molecular flexibility index (Phi) is 5.30. The zero-order chi connectivity index (χ0) is 14.8. The third-order valence-corrected chi connectivity index (χ3v) is 4.46. The molecule has 0 amide bonds. The fourth-order valence-corrected chi connectivity index (χ4v) is 3.18. The molecule has 2 aromatic carbocycles. The quantitative estimate of drug-likeness (QED) is 0.705. The van der Waals surface area contributed by atoms with E-state index < -0.39 is 5.60 Å². The SMILES string of the molecule is CC(O)(Cc1ccc(Br)cc1)Cc1ccc(Br)cc1Cl. The molecule has 0 saturated carbocycles. The summed E-state index contributed by atoms with van der Waals surface area (Å²) in [5, 5.41) is 11.3. The minimum Gasteiger partial charge on any atom is -0.389 e. The van der Waals surface area contributed by atoms with E-state index in [2.05, 4.69) is 31.9 Å². The zero-order valence-corrected chi connectivity index (χ0v) is 15.0. The van der Waals surface area contributed by atoms with E-state index in [1.807, 2.05) is 49.4 Å². The van der Waals surface area contributed by atoms with Crippen LogP contribution in [0.15, 0.2) is 51.4 Å². The van der Waals surface area contributed by atoms with Gasteiger partial charge in [0.1, 0.15) is 0 Å². The maximum absolute atomic E-state index is 10.6. The summed E-state index contributed by atoms with van der Waals surface area (Å²) in [7, 11) is 0. The highest BCUT2D eigenvalue weighted by Gasteiger charge is 2.22. The van der Waals surface area contributed by atoms with Gasteiger partial charge in [0.25, 0.3) is 0 Å². The third-order valence-electron chi connectivity index (χ3n) is 3.08. The highest BCUT2D eigenvalue weighted by Crippen LogP contribution is 2.27. The summed E-state index contributed by atoms with van der Waals surface area (Å²) in [5.41, 5.74) is 1.23. The molecule has 0 bridgehead atoms. The average molecular weight is 419 g/mol. The monoisotopic (exact) mass is 416 g/mol. The Morgan fingerprint density at radius 2 is 1.60 bits per heavy atom. The van der Waals surface area contributed by atoms with Gasteiger partial charge in [-0.2, -0.15) is 0 Å². The zero-order valence-electron chi connectivity index (χ0n) is 11.0. The van der Waals surface area contributed by atoms with E-state index in [0.717, 1.165) is 20.1 Å². The van der Waals surface area contributed by atoms with Crippen LogP contribution in [0, 0.1) is 0 Å². The lowest BCUT2D eigenvalue weighted by Gasteiger charge is -2.24. The summed E-state index contributed by atoms with van der Waals surface area (Å²) in [6, 6.07) is 13.7. The van der Waals surface area contributed by atoms with Crippen molar-refractivity contribution in [2.45, 2.75) is 25.4 Å². The molecule has 2 rings (SSSR count). The van der Waals surface area contributed by atoms with Crippen molar-refractivity contribution in [3.63, 3.8) is 0 Å². The van der Waals surface area contributed by atoms with Crippen molar-refractivity contribution in [2.75, 3.05) is 0 Å². The Bertz CT molecular complexity index is 594. The number of hydrogen-bond acceptors (Lipinski definition) is 1. The van der Waals surface area contributed by atoms with Crippen molar-refractivity contribution < 1.29 is 5.11 Å². The van der Waals surface area contributed by atoms with E-state index in [1.165, 1.54) is 0 Å². The van der Waals surface area contributed by atoms with Crippen molar-refractivity contribution in [2.24, 2.45) is 0 Å². The molecule has 1 unspecified atom stereocenters. The molecular formula is C16H15Br2ClO. The third kappa shape index (κ3) is 4.59. The highest BCUT2D eigenvalue weighted by atomic mass is 79.9. The Hall–Kier alpha value is -0.350. The minimum atomic E-state index is -0.828.